The van der Waals surface area contributed by atoms with Crippen molar-refractivity contribution >= 4 is 37.5 Å². The van der Waals surface area contributed by atoms with Gasteiger partial charge in [0.05, 0.1) is 24.6 Å². The molecular weight excluding hydrogens is 404 g/mol. The molecular formula is C21H26N2O6Si. The highest BCUT2D eigenvalue weighted by atomic mass is 28.4. The van der Waals surface area contributed by atoms with Gasteiger partial charge in [0.2, 0.25) is 5.91 Å². The second-order valence-electron chi connectivity index (χ2n) is 8.89. The molecule has 0 spiro atoms. The van der Waals surface area contributed by atoms with E-state index in [-0.39, 0.29) is 35.8 Å². The SMILES string of the molecule is C[C@@H](O[Si](C)(C)C)[C@H]1C(=O)N2C(C(=O)O)=C(c3ccc(N4CCOC4=O)cc3)C[C@H]12. The summed E-state index contributed by atoms with van der Waals surface area (Å²) in [6, 6.07) is 6.96. The second-order valence-corrected chi connectivity index (χ2v) is 13.3. The molecule has 3 atom stereocenters. The summed E-state index contributed by atoms with van der Waals surface area (Å²) in [7, 11) is -1.83. The van der Waals surface area contributed by atoms with Gasteiger partial charge in [-0.1, -0.05) is 12.1 Å². The lowest BCUT2D eigenvalue weighted by molar-refractivity contribution is -0.160. The summed E-state index contributed by atoms with van der Waals surface area (Å²) in [5.41, 5.74) is 2.13. The van der Waals surface area contributed by atoms with E-state index in [4.69, 9.17) is 9.16 Å². The molecule has 2 saturated heterocycles. The van der Waals surface area contributed by atoms with E-state index in [1.54, 1.807) is 24.3 Å². The van der Waals surface area contributed by atoms with Gasteiger partial charge in [0, 0.05) is 5.69 Å². The number of carboxylic acids is 1. The lowest BCUT2D eigenvalue weighted by atomic mass is 9.82. The van der Waals surface area contributed by atoms with Crippen LogP contribution in [0.4, 0.5) is 10.5 Å². The number of carboxylic acid groups (broad SMARTS) is 1. The topological polar surface area (TPSA) is 96.4 Å². The Balaban J connectivity index is 1.59. The highest BCUT2D eigenvalue weighted by Gasteiger charge is 2.57. The Morgan fingerprint density at radius 1 is 1.23 bits per heavy atom. The van der Waals surface area contributed by atoms with Gasteiger partial charge in [0.1, 0.15) is 12.3 Å². The fourth-order valence-corrected chi connectivity index (χ4v) is 5.88. The predicted molar refractivity (Wildman–Crippen MR) is 112 cm³/mol. The minimum atomic E-state index is -1.83. The number of nitrogens with zero attached hydrogens (tertiary/aromatic N) is 2. The van der Waals surface area contributed by atoms with Crippen LogP contribution in [-0.2, 0) is 18.8 Å². The zero-order chi connectivity index (χ0) is 21.8. The number of cyclic esters (lactones) is 1. The molecule has 0 radical (unpaired) electrons. The molecule has 2 fully saturated rings. The molecule has 8 nitrogen and oxygen atoms in total. The number of aliphatic carboxylic acids is 1. The fourth-order valence-electron chi connectivity index (χ4n) is 4.61. The molecule has 160 valence electrons. The number of anilines is 1. The van der Waals surface area contributed by atoms with Crippen molar-refractivity contribution in [3.05, 3.63) is 35.5 Å². The lowest BCUT2D eigenvalue weighted by Crippen LogP contribution is -2.63. The van der Waals surface area contributed by atoms with Crippen LogP contribution in [0.3, 0.4) is 0 Å². The number of carbonyl (C=O) groups excluding carboxylic acids is 2. The maximum Gasteiger partial charge on any atom is 0.414 e. The van der Waals surface area contributed by atoms with Crippen molar-refractivity contribution in [2.75, 3.05) is 18.1 Å². The third-order valence-electron chi connectivity index (χ3n) is 5.74. The Kier molecular flexibility index (Phi) is 4.98. The number of hydrogen-bond acceptors (Lipinski definition) is 5. The second kappa shape index (κ2) is 7.24. The zero-order valence-corrected chi connectivity index (χ0v) is 18.5. The summed E-state index contributed by atoms with van der Waals surface area (Å²) in [5, 5.41) is 9.81. The summed E-state index contributed by atoms with van der Waals surface area (Å²) < 4.78 is 11.1. The summed E-state index contributed by atoms with van der Waals surface area (Å²) in [6.45, 7) is 8.96. The zero-order valence-electron chi connectivity index (χ0n) is 17.5. The maximum atomic E-state index is 12.8. The first-order chi connectivity index (χ1) is 14.1. The van der Waals surface area contributed by atoms with Crippen molar-refractivity contribution in [3.63, 3.8) is 0 Å². The molecule has 1 aromatic carbocycles. The average molecular weight is 431 g/mol. The molecule has 3 heterocycles. The van der Waals surface area contributed by atoms with Crippen LogP contribution in [0.15, 0.2) is 30.0 Å². The molecule has 1 N–H and O–H groups in total. The van der Waals surface area contributed by atoms with Crippen molar-refractivity contribution in [2.45, 2.75) is 45.1 Å². The number of benzene rings is 1. The highest BCUT2D eigenvalue weighted by Crippen LogP contribution is 2.47. The van der Waals surface area contributed by atoms with Crippen LogP contribution in [-0.4, -0.2) is 61.6 Å². The van der Waals surface area contributed by atoms with Gasteiger partial charge in [-0.25, -0.2) is 9.59 Å². The molecule has 3 aliphatic rings. The number of ether oxygens (including phenoxy) is 1. The van der Waals surface area contributed by atoms with Crippen molar-refractivity contribution in [2.24, 2.45) is 5.92 Å². The van der Waals surface area contributed by atoms with E-state index >= 15 is 0 Å². The fraction of sp³-hybridized carbons (Fsp3) is 0.476. The highest BCUT2D eigenvalue weighted by molar-refractivity contribution is 6.69. The number of rotatable bonds is 6. The molecule has 30 heavy (non-hydrogen) atoms. The van der Waals surface area contributed by atoms with Crippen LogP contribution in [0.5, 0.6) is 0 Å². The van der Waals surface area contributed by atoms with Gasteiger partial charge in [0.25, 0.3) is 0 Å². The molecule has 1 aromatic rings. The Bertz CT molecular complexity index is 936. The maximum absolute atomic E-state index is 12.8. The van der Waals surface area contributed by atoms with Gasteiger partial charge in [-0.2, -0.15) is 0 Å². The molecule has 0 unspecified atom stereocenters. The van der Waals surface area contributed by atoms with E-state index in [0.717, 1.165) is 5.56 Å². The van der Waals surface area contributed by atoms with Gasteiger partial charge < -0.3 is 19.2 Å². The van der Waals surface area contributed by atoms with Crippen LogP contribution >= 0.6 is 0 Å². The largest absolute Gasteiger partial charge is 0.477 e. The third kappa shape index (κ3) is 3.41. The van der Waals surface area contributed by atoms with E-state index in [1.807, 2.05) is 6.92 Å². The van der Waals surface area contributed by atoms with Crippen molar-refractivity contribution in [3.8, 4) is 0 Å². The van der Waals surface area contributed by atoms with E-state index in [2.05, 4.69) is 19.6 Å². The smallest absolute Gasteiger partial charge is 0.414 e. The van der Waals surface area contributed by atoms with Crippen molar-refractivity contribution in [1.29, 1.82) is 0 Å². The molecule has 0 aromatic heterocycles. The summed E-state index contributed by atoms with van der Waals surface area (Å²) >= 11 is 0. The summed E-state index contributed by atoms with van der Waals surface area (Å²) in [5.74, 6) is -1.62. The molecule has 0 aliphatic carbocycles. The lowest BCUT2D eigenvalue weighted by Gasteiger charge is -2.47. The van der Waals surface area contributed by atoms with Gasteiger partial charge in [0.15, 0.2) is 8.32 Å². The molecule has 2 amide bonds. The van der Waals surface area contributed by atoms with Gasteiger partial charge in [-0.3, -0.25) is 9.69 Å². The summed E-state index contributed by atoms with van der Waals surface area (Å²) in [6.07, 6.45) is -0.158. The molecule has 4 rings (SSSR count). The first-order valence-electron chi connectivity index (χ1n) is 10.1. The average Bonchev–Trinajstić information content (AvgIpc) is 3.22. The van der Waals surface area contributed by atoms with Crippen LogP contribution in [0.1, 0.15) is 18.9 Å². The molecule has 9 heteroatoms. The molecule has 3 aliphatic heterocycles. The number of amides is 2. The van der Waals surface area contributed by atoms with Crippen LogP contribution in [0, 0.1) is 5.92 Å². The first kappa shape index (κ1) is 20.6. The monoisotopic (exact) mass is 430 g/mol. The quantitative estimate of drug-likeness (QED) is 0.551. The Hall–Kier alpha value is -2.65. The van der Waals surface area contributed by atoms with E-state index < -0.39 is 14.3 Å². The Morgan fingerprint density at radius 3 is 2.43 bits per heavy atom. The predicted octanol–water partition coefficient (Wildman–Crippen LogP) is 2.91. The first-order valence-corrected chi connectivity index (χ1v) is 13.5. The van der Waals surface area contributed by atoms with Crippen LogP contribution < -0.4 is 4.90 Å². The van der Waals surface area contributed by atoms with Gasteiger partial charge in [-0.05, 0) is 56.3 Å². The number of β-lactam (4-membered cyclic amide) rings is 1. The van der Waals surface area contributed by atoms with Crippen LogP contribution in [0.25, 0.3) is 5.57 Å². The van der Waals surface area contributed by atoms with E-state index in [0.29, 0.717) is 30.8 Å². The normalized spacial score (nSPS) is 24.7. The Labute approximate surface area is 176 Å². The molecule has 0 bridgehead atoms. The minimum Gasteiger partial charge on any atom is -0.477 e. The summed E-state index contributed by atoms with van der Waals surface area (Å²) in [4.78, 5) is 39.5. The van der Waals surface area contributed by atoms with E-state index in [1.165, 1.54) is 9.80 Å². The van der Waals surface area contributed by atoms with Gasteiger partial charge >= 0.3 is 12.1 Å². The number of carbonyl (C=O) groups is 3. The molecule has 0 saturated carbocycles. The van der Waals surface area contributed by atoms with Gasteiger partial charge in [-0.15, -0.1) is 0 Å². The van der Waals surface area contributed by atoms with E-state index in [9.17, 15) is 19.5 Å². The number of hydrogen-bond donors (Lipinski definition) is 1. The van der Waals surface area contributed by atoms with Crippen LogP contribution in [0.2, 0.25) is 19.6 Å². The minimum absolute atomic E-state index is 0.0507. The third-order valence-corrected chi connectivity index (χ3v) is 6.82. The van der Waals surface area contributed by atoms with Crippen molar-refractivity contribution < 1.29 is 28.7 Å². The Morgan fingerprint density at radius 2 is 1.90 bits per heavy atom. The number of fused-ring (bicyclic) bond motifs is 1. The standard InChI is InChI=1S/C21H26N2O6Si/c1-12(29-30(2,3)4)17-16-11-15(18(20(25)26)23(16)19(17)24)13-5-7-14(8-6-13)22-9-10-28-21(22)27/h5-8,12,16-17H,9-11H2,1-4H3,(H,25,26)/t12-,16-,17-/m1/s1. The van der Waals surface area contributed by atoms with Crippen molar-refractivity contribution in [1.82, 2.24) is 4.90 Å².